The van der Waals surface area contributed by atoms with Gasteiger partial charge in [-0.05, 0) is 12.3 Å². The van der Waals surface area contributed by atoms with Gasteiger partial charge in [-0.25, -0.2) is 0 Å². The van der Waals surface area contributed by atoms with Gasteiger partial charge in [-0.1, -0.05) is 25.7 Å². The summed E-state index contributed by atoms with van der Waals surface area (Å²) in [6.45, 7) is 0. The van der Waals surface area contributed by atoms with E-state index < -0.39 is 13.4 Å². The molecule has 12 heavy (non-hydrogen) atoms. The van der Waals surface area contributed by atoms with Crippen LogP contribution in [0.1, 0.15) is 32.1 Å². The SMILES string of the molecule is N[C@H](CC1CCCC1)P(=O)(O)O. The topological polar surface area (TPSA) is 83.6 Å². The van der Waals surface area contributed by atoms with Crippen molar-refractivity contribution in [2.24, 2.45) is 11.7 Å². The van der Waals surface area contributed by atoms with Crippen LogP contribution in [0.15, 0.2) is 0 Å². The Kier molecular flexibility index (Phi) is 3.29. The molecule has 0 radical (unpaired) electrons. The molecule has 4 N–H and O–H groups in total. The normalized spacial score (nSPS) is 22.9. The van der Waals surface area contributed by atoms with E-state index in [2.05, 4.69) is 0 Å². The third-order valence-electron chi connectivity index (χ3n) is 2.48. The van der Waals surface area contributed by atoms with Gasteiger partial charge in [0.15, 0.2) is 0 Å². The lowest BCUT2D eigenvalue weighted by molar-refractivity contribution is 0.343. The van der Waals surface area contributed by atoms with E-state index in [9.17, 15) is 4.57 Å². The van der Waals surface area contributed by atoms with Crippen LogP contribution in [0.4, 0.5) is 0 Å². The van der Waals surface area contributed by atoms with E-state index in [1.54, 1.807) is 0 Å². The Morgan fingerprint density at radius 2 is 1.92 bits per heavy atom. The Balaban J connectivity index is 2.35. The van der Waals surface area contributed by atoms with E-state index >= 15 is 0 Å². The Morgan fingerprint density at radius 1 is 1.42 bits per heavy atom. The molecule has 1 saturated carbocycles. The first-order chi connectivity index (χ1) is 5.50. The highest BCUT2D eigenvalue weighted by molar-refractivity contribution is 7.52. The average molecular weight is 193 g/mol. The van der Waals surface area contributed by atoms with Gasteiger partial charge in [0, 0.05) is 0 Å². The molecule has 0 aromatic carbocycles. The fourth-order valence-electron chi connectivity index (χ4n) is 1.72. The van der Waals surface area contributed by atoms with Crippen LogP contribution in [0.5, 0.6) is 0 Å². The maximum absolute atomic E-state index is 10.7. The monoisotopic (exact) mass is 193 g/mol. The molecule has 1 aliphatic rings. The lowest BCUT2D eigenvalue weighted by Crippen LogP contribution is -2.22. The molecule has 1 atom stereocenters. The van der Waals surface area contributed by atoms with E-state index in [0.29, 0.717) is 12.3 Å². The summed E-state index contributed by atoms with van der Waals surface area (Å²) in [6.07, 6.45) is 4.99. The second kappa shape index (κ2) is 3.88. The third-order valence-corrected chi connectivity index (χ3v) is 3.56. The lowest BCUT2D eigenvalue weighted by atomic mass is 10.0. The van der Waals surface area contributed by atoms with Gasteiger partial charge in [-0.15, -0.1) is 0 Å². The largest absolute Gasteiger partial charge is 0.342 e. The quantitative estimate of drug-likeness (QED) is 0.584. The summed E-state index contributed by atoms with van der Waals surface area (Å²) in [5, 5.41) is 0. The zero-order valence-corrected chi connectivity index (χ0v) is 7.91. The first-order valence-corrected chi connectivity index (χ1v) is 5.99. The number of rotatable bonds is 3. The third kappa shape index (κ3) is 2.87. The summed E-state index contributed by atoms with van der Waals surface area (Å²) in [6, 6.07) is 0. The first kappa shape index (κ1) is 10.2. The molecule has 1 fully saturated rings. The molecule has 72 valence electrons. The number of hydrogen-bond donors (Lipinski definition) is 3. The minimum atomic E-state index is -4.03. The smallest absolute Gasteiger partial charge is 0.323 e. The highest BCUT2D eigenvalue weighted by atomic mass is 31.2. The summed E-state index contributed by atoms with van der Waals surface area (Å²) in [5.74, 6) is -0.506. The molecule has 4 nitrogen and oxygen atoms in total. The standard InChI is InChI=1S/C7H16NO3P/c8-7(12(9,10)11)5-6-3-1-2-4-6/h6-7H,1-5,8H2,(H2,9,10,11)/t7-/m0/s1. The Morgan fingerprint density at radius 3 is 2.33 bits per heavy atom. The maximum atomic E-state index is 10.7. The minimum Gasteiger partial charge on any atom is -0.323 e. The summed E-state index contributed by atoms with van der Waals surface area (Å²) >= 11 is 0. The van der Waals surface area contributed by atoms with E-state index in [1.807, 2.05) is 0 Å². The molecule has 1 rings (SSSR count). The second-order valence-corrected chi connectivity index (χ2v) is 5.38. The van der Waals surface area contributed by atoms with Crippen molar-refractivity contribution >= 4 is 7.60 Å². The van der Waals surface area contributed by atoms with Crippen molar-refractivity contribution in [2.75, 3.05) is 0 Å². The Bertz CT molecular complexity index is 185. The minimum absolute atomic E-state index is 0.438. The number of nitrogens with two attached hydrogens (primary N) is 1. The van der Waals surface area contributed by atoms with Gasteiger partial charge >= 0.3 is 7.60 Å². The molecule has 0 spiro atoms. The van der Waals surface area contributed by atoms with Crippen LogP contribution in [0.25, 0.3) is 0 Å². The zero-order chi connectivity index (χ0) is 9.19. The van der Waals surface area contributed by atoms with Gasteiger partial charge < -0.3 is 15.5 Å². The van der Waals surface area contributed by atoms with E-state index in [1.165, 1.54) is 12.8 Å². The van der Waals surface area contributed by atoms with Gasteiger partial charge in [-0.2, -0.15) is 0 Å². The summed E-state index contributed by atoms with van der Waals surface area (Å²) in [4.78, 5) is 17.5. The van der Waals surface area contributed by atoms with Crippen molar-refractivity contribution in [3.05, 3.63) is 0 Å². The summed E-state index contributed by atoms with van der Waals surface area (Å²) in [5.41, 5.74) is 5.37. The van der Waals surface area contributed by atoms with Crippen LogP contribution < -0.4 is 5.73 Å². The molecular formula is C7H16NO3P. The van der Waals surface area contributed by atoms with E-state index in [4.69, 9.17) is 15.5 Å². The van der Waals surface area contributed by atoms with Gasteiger partial charge in [0.1, 0.15) is 5.78 Å². The Labute approximate surface area is 72.3 Å². The van der Waals surface area contributed by atoms with E-state index in [-0.39, 0.29) is 0 Å². The van der Waals surface area contributed by atoms with E-state index in [0.717, 1.165) is 12.8 Å². The van der Waals surface area contributed by atoms with Gasteiger partial charge in [-0.3, -0.25) is 4.57 Å². The molecule has 0 heterocycles. The average Bonchev–Trinajstić information content (AvgIpc) is 2.37. The highest BCUT2D eigenvalue weighted by Gasteiger charge is 2.28. The van der Waals surface area contributed by atoms with Crippen molar-refractivity contribution in [3.63, 3.8) is 0 Å². The predicted octanol–water partition coefficient (Wildman–Crippen LogP) is 1.03. The van der Waals surface area contributed by atoms with Gasteiger partial charge in [0.2, 0.25) is 0 Å². The molecule has 0 aromatic rings. The van der Waals surface area contributed by atoms with Gasteiger partial charge in [0.25, 0.3) is 0 Å². The molecule has 0 unspecified atom stereocenters. The van der Waals surface area contributed by atoms with Crippen molar-refractivity contribution in [2.45, 2.75) is 37.9 Å². The molecule has 5 heteroatoms. The first-order valence-electron chi connectivity index (χ1n) is 4.31. The van der Waals surface area contributed by atoms with Crippen molar-refractivity contribution < 1.29 is 14.4 Å². The van der Waals surface area contributed by atoms with Crippen molar-refractivity contribution in [1.82, 2.24) is 0 Å². The number of hydrogen-bond acceptors (Lipinski definition) is 2. The molecule has 0 saturated heterocycles. The molecule has 1 aliphatic carbocycles. The molecule has 0 amide bonds. The molecular weight excluding hydrogens is 177 g/mol. The van der Waals surface area contributed by atoms with Crippen LogP contribution >= 0.6 is 7.60 Å². The van der Waals surface area contributed by atoms with Crippen molar-refractivity contribution in [3.8, 4) is 0 Å². The van der Waals surface area contributed by atoms with Gasteiger partial charge in [0.05, 0.1) is 0 Å². The molecule has 0 aliphatic heterocycles. The van der Waals surface area contributed by atoms with Crippen LogP contribution in [-0.4, -0.2) is 15.6 Å². The second-order valence-electron chi connectivity index (χ2n) is 3.54. The van der Waals surface area contributed by atoms with Crippen LogP contribution in [0, 0.1) is 5.92 Å². The maximum Gasteiger partial charge on any atom is 0.342 e. The van der Waals surface area contributed by atoms with Crippen molar-refractivity contribution in [1.29, 1.82) is 0 Å². The van der Waals surface area contributed by atoms with Crippen LogP contribution in [-0.2, 0) is 4.57 Å². The highest BCUT2D eigenvalue weighted by Crippen LogP contribution is 2.43. The Hall–Kier alpha value is 0.110. The zero-order valence-electron chi connectivity index (χ0n) is 7.02. The fraction of sp³-hybridized carbons (Fsp3) is 1.00. The van der Waals surface area contributed by atoms with Crippen LogP contribution in [0.2, 0.25) is 0 Å². The molecule has 0 bridgehead atoms. The fourth-order valence-corrected chi connectivity index (χ4v) is 2.30. The molecule has 0 aromatic heterocycles. The predicted molar refractivity (Wildman–Crippen MR) is 46.6 cm³/mol. The summed E-state index contributed by atoms with van der Waals surface area (Å²) < 4.78 is 10.7. The van der Waals surface area contributed by atoms with Crippen LogP contribution in [0.3, 0.4) is 0 Å². The summed E-state index contributed by atoms with van der Waals surface area (Å²) in [7, 11) is -4.03. The lowest BCUT2D eigenvalue weighted by Gasteiger charge is -2.16.